The standard InChI is InChI=1S/C36H58NO3/c1-6-9-10-11-12-13-14-15-16-18-23-31-26-21-27-34(28-31)40-33(8-3)30-39-36(38)35(22-7-2)37(4,5)29-32-24-19-17-20-25-32/h17,19-21,24-28,33,35H,6-16,18,22-23,29-30H2,1-5H3/q+1. The first-order chi connectivity index (χ1) is 19.4. The summed E-state index contributed by atoms with van der Waals surface area (Å²) in [4.78, 5) is 13.3. The second-order valence-electron chi connectivity index (χ2n) is 12.1. The number of quaternary nitrogens is 1. The number of carbonyl (C=O) groups is 1. The van der Waals surface area contributed by atoms with Gasteiger partial charge in [0, 0.05) is 12.0 Å². The minimum atomic E-state index is -0.202. The zero-order chi connectivity index (χ0) is 29.1. The number of benzene rings is 2. The van der Waals surface area contributed by atoms with Crippen molar-refractivity contribution in [3.8, 4) is 5.75 Å². The van der Waals surface area contributed by atoms with Gasteiger partial charge in [0.05, 0.1) is 14.1 Å². The van der Waals surface area contributed by atoms with Gasteiger partial charge in [0.1, 0.15) is 25.0 Å². The lowest BCUT2D eigenvalue weighted by atomic mass is 10.0. The van der Waals surface area contributed by atoms with Crippen LogP contribution in [0.3, 0.4) is 0 Å². The fourth-order valence-electron chi connectivity index (χ4n) is 5.48. The molecule has 0 saturated heterocycles. The molecule has 4 heteroatoms. The highest BCUT2D eigenvalue weighted by Gasteiger charge is 2.36. The van der Waals surface area contributed by atoms with Crippen molar-refractivity contribution in [2.24, 2.45) is 0 Å². The Balaban J connectivity index is 1.78. The summed E-state index contributed by atoms with van der Waals surface area (Å²) in [6.07, 6.45) is 17.0. The van der Waals surface area contributed by atoms with Crippen LogP contribution >= 0.6 is 0 Å². The van der Waals surface area contributed by atoms with E-state index in [0.29, 0.717) is 4.48 Å². The molecule has 0 aliphatic carbocycles. The molecular weight excluding hydrogens is 494 g/mol. The summed E-state index contributed by atoms with van der Waals surface area (Å²) in [5, 5.41) is 0. The third-order valence-corrected chi connectivity index (χ3v) is 8.00. The average molecular weight is 553 g/mol. The number of rotatable bonds is 22. The molecule has 2 atom stereocenters. The molecule has 2 aromatic carbocycles. The summed E-state index contributed by atoms with van der Waals surface area (Å²) in [6, 6.07) is 18.6. The number of hydrogen-bond acceptors (Lipinski definition) is 3. The Labute approximate surface area is 246 Å². The van der Waals surface area contributed by atoms with Crippen molar-refractivity contribution in [1.82, 2.24) is 0 Å². The van der Waals surface area contributed by atoms with Crippen LogP contribution < -0.4 is 4.74 Å². The molecule has 0 bridgehead atoms. The van der Waals surface area contributed by atoms with E-state index in [4.69, 9.17) is 9.47 Å². The van der Waals surface area contributed by atoms with Gasteiger partial charge in [0.2, 0.25) is 0 Å². The number of likely N-dealkylation sites (N-methyl/N-ethyl adjacent to an activating group) is 1. The van der Waals surface area contributed by atoms with Crippen LogP contribution in [0.2, 0.25) is 0 Å². The second-order valence-corrected chi connectivity index (χ2v) is 12.1. The number of esters is 1. The summed E-state index contributed by atoms with van der Waals surface area (Å²) < 4.78 is 12.8. The molecule has 0 aromatic heterocycles. The maximum Gasteiger partial charge on any atom is 0.365 e. The van der Waals surface area contributed by atoms with Crippen LogP contribution in [0.1, 0.15) is 115 Å². The fourth-order valence-corrected chi connectivity index (χ4v) is 5.48. The Bertz CT molecular complexity index is 927. The Morgan fingerprint density at radius 2 is 1.38 bits per heavy atom. The van der Waals surface area contributed by atoms with Crippen molar-refractivity contribution in [2.75, 3.05) is 20.7 Å². The third kappa shape index (κ3) is 13.4. The molecule has 0 amide bonds. The molecule has 0 spiro atoms. The van der Waals surface area contributed by atoms with Crippen LogP contribution in [0.25, 0.3) is 0 Å². The number of nitrogens with zero attached hydrogens (tertiary/aromatic N) is 1. The molecule has 0 saturated carbocycles. The molecule has 0 fully saturated rings. The molecule has 0 heterocycles. The van der Waals surface area contributed by atoms with E-state index < -0.39 is 0 Å². The Morgan fingerprint density at radius 1 is 0.750 bits per heavy atom. The topological polar surface area (TPSA) is 35.5 Å². The fraction of sp³-hybridized carbons (Fsp3) is 0.639. The van der Waals surface area contributed by atoms with Gasteiger partial charge in [-0.05, 0) is 43.4 Å². The van der Waals surface area contributed by atoms with E-state index in [1.54, 1.807) is 0 Å². The summed E-state index contributed by atoms with van der Waals surface area (Å²) >= 11 is 0. The van der Waals surface area contributed by atoms with Crippen LogP contribution in [-0.4, -0.2) is 43.3 Å². The smallest absolute Gasteiger partial charge is 0.365 e. The number of ether oxygens (including phenoxy) is 2. The zero-order valence-electron chi connectivity index (χ0n) is 26.3. The van der Waals surface area contributed by atoms with Gasteiger partial charge in [0.15, 0.2) is 6.04 Å². The molecule has 0 aliphatic heterocycles. The lowest BCUT2D eigenvalue weighted by Crippen LogP contribution is -2.53. The van der Waals surface area contributed by atoms with Gasteiger partial charge in [-0.1, -0.05) is 121 Å². The van der Waals surface area contributed by atoms with Crippen LogP contribution in [0.5, 0.6) is 5.75 Å². The molecular formula is C36H58NO3+. The van der Waals surface area contributed by atoms with Gasteiger partial charge in [-0.25, -0.2) is 4.79 Å². The summed E-state index contributed by atoms with van der Waals surface area (Å²) in [5.74, 6) is 0.748. The van der Waals surface area contributed by atoms with E-state index in [-0.39, 0.29) is 24.7 Å². The molecule has 40 heavy (non-hydrogen) atoms. The van der Waals surface area contributed by atoms with E-state index in [1.807, 2.05) is 12.1 Å². The molecule has 0 aliphatic rings. The molecule has 2 rings (SSSR count). The minimum Gasteiger partial charge on any atom is -0.487 e. The van der Waals surface area contributed by atoms with Crippen molar-refractivity contribution < 1.29 is 18.8 Å². The van der Waals surface area contributed by atoms with E-state index in [0.717, 1.165) is 38.0 Å². The predicted octanol–water partition coefficient (Wildman–Crippen LogP) is 9.30. The molecule has 224 valence electrons. The average Bonchev–Trinajstić information content (AvgIpc) is 2.95. The van der Waals surface area contributed by atoms with E-state index in [9.17, 15) is 4.79 Å². The van der Waals surface area contributed by atoms with Crippen molar-refractivity contribution in [1.29, 1.82) is 0 Å². The van der Waals surface area contributed by atoms with E-state index in [2.05, 4.69) is 77.3 Å². The highest BCUT2D eigenvalue weighted by molar-refractivity contribution is 5.74. The molecule has 0 radical (unpaired) electrons. The van der Waals surface area contributed by atoms with Gasteiger partial charge < -0.3 is 14.0 Å². The maximum absolute atomic E-state index is 13.3. The van der Waals surface area contributed by atoms with Crippen molar-refractivity contribution in [3.63, 3.8) is 0 Å². The lowest BCUT2D eigenvalue weighted by molar-refractivity contribution is -0.920. The zero-order valence-corrected chi connectivity index (χ0v) is 26.3. The second kappa shape index (κ2) is 19.7. The molecule has 2 aromatic rings. The van der Waals surface area contributed by atoms with Crippen LogP contribution in [-0.2, 0) is 22.5 Å². The number of aryl methyl sites for hydroxylation is 1. The first-order valence-corrected chi connectivity index (χ1v) is 16.2. The minimum absolute atomic E-state index is 0.125. The Morgan fingerprint density at radius 3 is 2.00 bits per heavy atom. The number of unbranched alkanes of at least 4 members (excludes halogenated alkanes) is 9. The van der Waals surface area contributed by atoms with Gasteiger partial charge in [0.25, 0.3) is 0 Å². The van der Waals surface area contributed by atoms with Gasteiger partial charge >= 0.3 is 5.97 Å². The lowest BCUT2D eigenvalue weighted by Gasteiger charge is -2.36. The Kier molecular flexibility index (Phi) is 16.7. The van der Waals surface area contributed by atoms with E-state index in [1.165, 1.54) is 75.3 Å². The van der Waals surface area contributed by atoms with Gasteiger partial charge in [-0.3, -0.25) is 0 Å². The highest BCUT2D eigenvalue weighted by Crippen LogP contribution is 2.21. The van der Waals surface area contributed by atoms with E-state index >= 15 is 0 Å². The largest absolute Gasteiger partial charge is 0.487 e. The first kappa shape index (κ1) is 33.9. The third-order valence-electron chi connectivity index (χ3n) is 8.00. The summed E-state index contributed by atoms with van der Waals surface area (Å²) in [7, 11) is 4.26. The quantitative estimate of drug-likeness (QED) is 0.0829. The maximum atomic E-state index is 13.3. The van der Waals surface area contributed by atoms with Gasteiger partial charge in [-0.15, -0.1) is 0 Å². The van der Waals surface area contributed by atoms with Gasteiger partial charge in [-0.2, -0.15) is 0 Å². The molecule has 4 nitrogen and oxygen atoms in total. The first-order valence-electron chi connectivity index (χ1n) is 16.2. The van der Waals surface area contributed by atoms with Crippen molar-refractivity contribution >= 4 is 5.97 Å². The van der Waals surface area contributed by atoms with Crippen molar-refractivity contribution in [2.45, 2.75) is 129 Å². The molecule has 2 unspecified atom stereocenters. The van der Waals surface area contributed by atoms with Crippen LogP contribution in [0, 0.1) is 0 Å². The number of hydrogen-bond donors (Lipinski definition) is 0. The highest BCUT2D eigenvalue weighted by atomic mass is 16.6. The number of carbonyl (C=O) groups excluding carboxylic acids is 1. The van der Waals surface area contributed by atoms with Crippen molar-refractivity contribution in [3.05, 3.63) is 65.7 Å². The van der Waals surface area contributed by atoms with Crippen LogP contribution in [0.4, 0.5) is 0 Å². The SMILES string of the molecule is CCCCCCCCCCCCc1cccc(OC(CC)COC(=O)C(CCC)[N+](C)(C)Cc2ccccc2)c1. The monoisotopic (exact) mass is 552 g/mol. The summed E-state index contributed by atoms with van der Waals surface area (Å²) in [5.41, 5.74) is 2.56. The summed E-state index contributed by atoms with van der Waals surface area (Å²) in [6.45, 7) is 7.57. The Hall–Kier alpha value is -2.33. The molecule has 0 N–H and O–H groups in total. The predicted molar refractivity (Wildman–Crippen MR) is 169 cm³/mol. The normalized spacial score (nSPS) is 13.1. The van der Waals surface area contributed by atoms with Crippen LogP contribution in [0.15, 0.2) is 54.6 Å².